The van der Waals surface area contributed by atoms with Gasteiger partial charge in [-0.05, 0) is 83.9 Å². The maximum absolute atomic E-state index is 13.7. The molecule has 4 aromatic rings. The van der Waals surface area contributed by atoms with Crippen molar-refractivity contribution >= 4 is 27.0 Å². The molecule has 9 nitrogen and oxygen atoms in total. The molecular formula is C32H37N5O4S. The number of aryl methyl sites for hydroxylation is 1. The molecule has 0 radical (unpaired) electrons. The second-order valence-corrected chi connectivity index (χ2v) is 13.8. The fourth-order valence-electron chi connectivity index (χ4n) is 6.61. The molecule has 1 atom stereocenters. The van der Waals surface area contributed by atoms with E-state index in [1.165, 1.54) is 21.5 Å². The van der Waals surface area contributed by atoms with Gasteiger partial charge in [0.25, 0.3) is 0 Å². The van der Waals surface area contributed by atoms with Gasteiger partial charge in [-0.3, -0.25) is 4.79 Å². The molecule has 1 N–H and O–H groups in total. The molecule has 1 fully saturated rings. The Hall–Kier alpha value is -3.60. The zero-order valence-electron chi connectivity index (χ0n) is 23.9. The summed E-state index contributed by atoms with van der Waals surface area (Å²) in [7, 11) is -2.08. The Morgan fingerprint density at radius 3 is 2.57 bits per heavy atom. The Balaban J connectivity index is 1.11. The van der Waals surface area contributed by atoms with E-state index in [2.05, 4.69) is 44.8 Å². The maximum Gasteiger partial charge on any atom is 0.242 e. The van der Waals surface area contributed by atoms with Gasteiger partial charge in [0.2, 0.25) is 15.9 Å². The number of likely N-dealkylation sites (tertiary alicyclic amines) is 1. The highest BCUT2D eigenvalue weighted by atomic mass is 32.2. The summed E-state index contributed by atoms with van der Waals surface area (Å²) >= 11 is 0. The minimum absolute atomic E-state index is 0.0735. The van der Waals surface area contributed by atoms with Gasteiger partial charge < -0.3 is 10.2 Å². The zero-order chi connectivity index (χ0) is 29.2. The van der Waals surface area contributed by atoms with Gasteiger partial charge in [-0.25, -0.2) is 17.4 Å². The summed E-state index contributed by atoms with van der Waals surface area (Å²) in [6.07, 6.45) is 4.94. The minimum Gasteiger partial charge on any atom is -0.353 e. The van der Waals surface area contributed by atoms with Crippen molar-refractivity contribution in [2.24, 2.45) is 0 Å². The fourth-order valence-corrected chi connectivity index (χ4v) is 7.89. The molecule has 2 heterocycles. The van der Waals surface area contributed by atoms with Gasteiger partial charge in [0.05, 0.1) is 11.3 Å². The van der Waals surface area contributed by atoms with Crippen LogP contribution in [-0.4, -0.2) is 73.1 Å². The van der Waals surface area contributed by atoms with Crippen LogP contribution in [0, 0.1) is 0 Å². The number of rotatable bonds is 10. The van der Waals surface area contributed by atoms with Gasteiger partial charge in [0.1, 0.15) is 11.0 Å². The predicted octanol–water partition coefficient (Wildman–Crippen LogP) is 3.94. The molecular weight excluding hydrogens is 550 g/mol. The molecule has 0 spiro atoms. The van der Waals surface area contributed by atoms with E-state index in [9.17, 15) is 13.2 Å². The SMILES string of the molecule is CN(CC1(CCN2CCC(NC(=O)Cc3ccccc3)CC2)CCc2ccccc21)S(=O)(=O)c1ccc2nonc2c1. The number of aromatic nitrogens is 2. The lowest BCUT2D eigenvalue weighted by Crippen LogP contribution is -2.47. The lowest BCUT2D eigenvalue weighted by molar-refractivity contribution is -0.121. The lowest BCUT2D eigenvalue weighted by Gasteiger charge is -2.38. The zero-order valence-corrected chi connectivity index (χ0v) is 24.7. The average molecular weight is 588 g/mol. The summed E-state index contributed by atoms with van der Waals surface area (Å²) < 4.78 is 33.6. The second kappa shape index (κ2) is 11.9. The molecule has 3 aromatic carbocycles. The minimum atomic E-state index is -3.75. The second-order valence-electron chi connectivity index (χ2n) is 11.7. The van der Waals surface area contributed by atoms with E-state index in [0.29, 0.717) is 24.0 Å². The van der Waals surface area contributed by atoms with Crippen LogP contribution in [0.1, 0.15) is 42.4 Å². The standard InChI is InChI=1S/C32H37N5O4S/c1-36(42(39,40)27-11-12-29-30(22-27)35-41-34-29)23-32(16-13-25-9-5-6-10-28(25)32)17-20-37-18-14-26(15-19-37)33-31(38)21-24-7-3-2-4-8-24/h2-12,22,26H,13-21,23H2,1H3,(H,33,38). The topological polar surface area (TPSA) is 109 Å². The number of benzene rings is 3. The number of nitrogens with one attached hydrogen (secondary N) is 1. The van der Waals surface area contributed by atoms with Crippen molar-refractivity contribution < 1.29 is 17.8 Å². The Bertz CT molecular complexity index is 1650. The van der Waals surface area contributed by atoms with Crippen LogP contribution in [0.5, 0.6) is 0 Å². The molecule has 1 aliphatic carbocycles. The molecule has 2 aliphatic rings. The normalized spacial score (nSPS) is 19.8. The molecule has 0 bridgehead atoms. The van der Waals surface area contributed by atoms with Gasteiger partial charge in [-0.15, -0.1) is 0 Å². The van der Waals surface area contributed by atoms with Crippen LogP contribution in [0.15, 0.2) is 82.3 Å². The number of sulfonamides is 1. The van der Waals surface area contributed by atoms with Crippen molar-refractivity contribution in [2.75, 3.05) is 33.2 Å². The molecule has 42 heavy (non-hydrogen) atoms. The van der Waals surface area contributed by atoms with Crippen LogP contribution in [0.3, 0.4) is 0 Å². The quantitative estimate of drug-likeness (QED) is 0.299. The number of amides is 1. The highest BCUT2D eigenvalue weighted by Crippen LogP contribution is 2.43. The third-order valence-electron chi connectivity index (χ3n) is 8.99. The molecule has 10 heteroatoms. The van der Waals surface area contributed by atoms with Crippen molar-refractivity contribution in [1.82, 2.24) is 24.8 Å². The number of hydrogen-bond acceptors (Lipinski definition) is 7. The third-order valence-corrected chi connectivity index (χ3v) is 10.8. The van der Waals surface area contributed by atoms with E-state index in [1.807, 2.05) is 30.3 Å². The van der Waals surface area contributed by atoms with E-state index in [0.717, 1.165) is 57.3 Å². The van der Waals surface area contributed by atoms with Gasteiger partial charge in [0.15, 0.2) is 0 Å². The number of piperidine rings is 1. The monoisotopic (exact) mass is 587 g/mol. The largest absolute Gasteiger partial charge is 0.353 e. The Morgan fingerprint density at radius 2 is 1.76 bits per heavy atom. The number of nitrogens with zero attached hydrogens (tertiary/aromatic N) is 4. The van der Waals surface area contributed by atoms with Crippen molar-refractivity contribution in [3.8, 4) is 0 Å². The van der Waals surface area contributed by atoms with Crippen LogP contribution in [0.25, 0.3) is 11.0 Å². The Kier molecular flexibility index (Phi) is 8.11. The van der Waals surface area contributed by atoms with Crippen LogP contribution >= 0.6 is 0 Å². The van der Waals surface area contributed by atoms with Crippen LogP contribution < -0.4 is 5.32 Å². The highest BCUT2D eigenvalue weighted by molar-refractivity contribution is 7.89. The lowest BCUT2D eigenvalue weighted by atomic mass is 9.78. The van der Waals surface area contributed by atoms with E-state index in [1.54, 1.807) is 19.2 Å². The van der Waals surface area contributed by atoms with Crippen LogP contribution in [-0.2, 0) is 33.1 Å². The molecule has 1 unspecified atom stereocenters. The number of carbonyl (C=O) groups is 1. The van der Waals surface area contributed by atoms with Crippen LogP contribution in [0.4, 0.5) is 0 Å². The van der Waals surface area contributed by atoms with Gasteiger partial charge in [0, 0.05) is 38.1 Å². The molecule has 1 aliphatic heterocycles. The first kappa shape index (κ1) is 28.5. The summed E-state index contributed by atoms with van der Waals surface area (Å²) in [5.41, 5.74) is 4.25. The number of likely N-dealkylation sites (N-methyl/N-ethyl adjacent to an activating group) is 1. The highest BCUT2D eigenvalue weighted by Gasteiger charge is 2.42. The van der Waals surface area contributed by atoms with E-state index in [4.69, 9.17) is 4.63 Å². The average Bonchev–Trinajstić information content (AvgIpc) is 3.62. The molecule has 1 aromatic heterocycles. The van der Waals surface area contributed by atoms with Gasteiger partial charge >= 0.3 is 0 Å². The summed E-state index contributed by atoms with van der Waals surface area (Å²) in [6, 6.07) is 23.2. The van der Waals surface area contributed by atoms with Crippen molar-refractivity contribution in [2.45, 2.75) is 54.9 Å². The molecule has 220 valence electrons. The molecule has 0 saturated carbocycles. The predicted molar refractivity (Wildman–Crippen MR) is 160 cm³/mol. The summed E-state index contributed by atoms with van der Waals surface area (Å²) in [6.45, 7) is 3.10. The first-order valence-electron chi connectivity index (χ1n) is 14.7. The van der Waals surface area contributed by atoms with Gasteiger partial charge in [-0.2, -0.15) is 0 Å². The Labute approximate surface area is 246 Å². The molecule has 1 saturated heterocycles. The summed E-state index contributed by atoms with van der Waals surface area (Å²) in [5, 5.41) is 10.8. The first-order valence-corrected chi connectivity index (χ1v) is 16.1. The molecule has 1 amide bonds. The smallest absolute Gasteiger partial charge is 0.242 e. The number of carbonyl (C=O) groups excluding carboxylic acids is 1. The number of fused-ring (bicyclic) bond motifs is 2. The fraction of sp³-hybridized carbons (Fsp3) is 0.406. The summed E-state index contributed by atoms with van der Waals surface area (Å²) in [4.78, 5) is 15.2. The van der Waals surface area contributed by atoms with E-state index < -0.39 is 10.0 Å². The first-order chi connectivity index (χ1) is 20.3. The van der Waals surface area contributed by atoms with Crippen molar-refractivity contribution in [1.29, 1.82) is 0 Å². The van der Waals surface area contributed by atoms with Crippen molar-refractivity contribution in [3.05, 3.63) is 89.5 Å². The Morgan fingerprint density at radius 1 is 1.02 bits per heavy atom. The van der Waals surface area contributed by atoms with Gasteiger partial charge in [-0.1, -0.05) is 54.6 Å². The third kappa shape index (κ3) is 5.97. The maximum atomic E-state index is 13.7. The van der Waals surface area contributed by atoms with Crippen molar-refractivity contribution in [3.63, 3.8) is 0 Å². The number of hydrogen-bond donors (Lipinski definition) is 1. The summed E-state index contributed by atoms with van der Waals surface area (Å²) in [5.74, 6) is 0.0735. The molecule has 6 rings (SSSR count). The van der Waals surface area contributed by atoms with Crippen LogP contribution in [0.2, 0.25) is 0 Å². The van der Waals surface area contributed by atoms with E-state index >= 15 is 0 Å². The van der Waals surface area contributed by atoms with E-state index in [-0.39, 0.29) is 22.3 Å².